The number of ether oxygens (including phenoxy) is 2. The lowest BCUT2D eigenvalue weighted by atomic mass is 10.0. The molecule has 7 nitrogen and oxygen atoms in total. The number of hydrogen-bond donors (Lipinski definition) is 0. The molecule has 0 radical (unpaired) electrons. The smallest absolute Gasteiger partial charge is 0.320 e. The zero-order valence-corrected chi connectivity index (χ0v) is 9.22. The quantitative estimate of drug-likeness (QED) is 0.524. The molecule has 16 heavy (non-hydrogen) atoms. The molecule has 0 unspecified atom stereocenters. The van der Waals surface area contributed by atoms with Gasteiger partial charge in [0.05, 0.1) is 14.2 Å². The van der Waals surface area contributed by atoms with Gasteiger partial charge in [-0.25, -0.2) is 4.63 Å². The number of carbonyl (C=O) groups is 2. The van der Waals surface area contributed by atoms with Gasteiger partial charge in [0.25, 0.3) is 0 Å². The third-order valence-corrected chi connectivity index (χ3v) is 2.12. The molecule has 0 bridgehead atoms. The van der Waals surface area contributed by atoms with Crippen LogP contribution in [0.25, 0.3) is 0 Å². The van der Waals surface area contributed by atoms with E-state index >= 15 is 0 Å². The van der Waals surface area contributed by atoms with Crippen molar-refractivity contribution in [1.82, 2.24) is 10.3 Å². The Morgan fingerprint density at radius 2 is 1.81 bits per heavy atom. The Balaban J connectivity index is 2.83. The van der Waals surface area contributed by atoms with E-state index in [1.807, 2.05) is 0 Å². The Labute approximate surface area is 91.7 Å². The van der Waals surface area contributed by atoms with E-state index in [-0.39, 0.29) is 6.42 Å². The highest BCUT2D eigenvalue weighted by molar-refractivity contribution is 5.95. The monoisotopic (exact) mass is 228 g/mol. The number of nitrogens with zero attached hydrogens (tertiary/aromatic N) is 2. The van der Waals surface area contributed by atoms with Gasteiger partial charge in [-0.2, -0.15) is 0 Å². The van der Waals surface area contributed by atoms with Crippen LogP contribution in [0, 0.1) is 12.8 Å². The fraction of sp³-hybridized carbons (Fsp3) is 0.556. The first-order valence-electron chi connectivity index (χ1n) is 4.53. The number of hydrogen-bond acceptors (Lipinski definition) is 7. The summed E-state index contributed by atoms with van der Waals surface area (Å²) in [6, 6.07) is 0. The van der Waals surface area contributed by atoms with Crippen LogP contribution < -0.4 is 0 Å². The molecule has 1 aromatic rings. The zero-order valence-electron chi connectivity index (χ0n) is 9.22. The van der Waals surface area contributed by atoms with E-state index in [0.717, 1.165) is 0 Å². The van der Waals surface area contributed by atoms with E-state index in [1.165, 1.54) is 14.2 Å². The summed E-state index contributed by atoms with van der Waals surface area (Å²) in [5, 5.41) is 7.14. The average Bonchev–Trinajstić information content (AvgIpc) is 2.69. The van der Waals surface area contributed by atoms with Gasteiger partial charge >= 0.3 is 11.9 Å². The summed E-state index contributed by atoms with van der Waals surface area (Å²) in [7, 11) is 2.40. The van der Waals surface area contributed by atoms with Crippen molar-refractivity contribution in [3.63, 3.8) is 0 Å². The van der Waals surface area contributed by atoms with Crippen molar-refractivity contribution in [2.45, 2.75) is 13.3 Å². The van der Waals surface area contributed by atoms with Crippen molar-refractivity contribution < 1.29 is 23.7 Å². The molecule has 1 rings (SSSR count). The molecule has 0 amide bonds. The molecule has 0 aliphatic carbocycles. The third kappa shape index (κ3) is 2.56. The first kappa shape index (κ1) is 12.2. The van der Waals surface area contributed by atoms with Gasteiger partial charge in [-0.1, -0.05) is 10.3 Å². The lowest BCUT2D eigenvalue weighted by Crippen LogP contribution is -2.28. The van der Waals surface area contributed by atoms with Gasteiger partial charge < -0.3 is 9.47 Å². The third-order valence-electron chi connectivity index (χ3n) is 2.12. The second-order valence-electron chi connectivity index (χ2n) is 3.10. The highest BCUT2D eigenvalue weighted by Gasteiger charge is 2.30. The van der Waals surface area contributed by atoms with Gasteiger partial charge in [0.15, 0.2) is 5.92 Å². The summed E-state index contributed by atoms with van der Waals surface area (Å²) in [6.45, 7) is 1.66. The molecule has 88 valence electrons. The highest BCUT2D eigenvalue weighted by atomic mass is 16.6. The number of aromatic nitrogens is 2. The van der Waals surface area contributed by atoms with Crippen molar-refractivity contribution in [3.8, 4) is 0 Å². The van der Waals surface area contributed by atoms with E-state index in [2.05, 4.69) is 24.4 Å². The summed E-state index contributed by atoms with van der Waals surface area (Å²) >= 11 is 0. The van der Waals surface area contributed by atoms with Crippen LogP contribution in [0.3, 0.4) is 0 Å². The van der Waals surface area contributed by atoms with Crippen LogP contribution >= 0.6 is 0 Å². The van der Waals surface area contributed by atoms with Gasteiger partial charge in [-0.05, 0) is 6.92 Å². The Morgan fingerprint density at radius 3 is 2.19 bits per heavy atom. The normalized spacial score (nSPS) is 10.2. The second-order valence-corrected chi connectivity index (χ2v) is 3.10. The number of aryl methyl sites for hydroxylation is 1. The molecule has 0 fully saturated rings. The summed E-state index contributed by atoms with van der Waals surface area (Å²) in [5.41, 5.74) is 0.957. The van der Waals surface area contributed by atoms with E-state index in [0.29, 0.717) is 11.4 Å². The van der Waals surface area contributed by atoms with E-state index < -0.39 is 17.9 Å². The first-order chi connectivity index (χ1) is 7.60. The standard InChI is InChI=1S/C9H12N2O5/c1-5-7(11-16-10-5)4-6(8(12)14-2)9(13)15-3/h6H,4H2,1-3H3. The molecule has 0 saturated carbocycles. The number of carbonyl (C=O) groups excluding carboxylic acids is 2. The summed E-state index contributed by atoms with van der Waals surface area (Å²) < 4.78 is 13.5. The van der Waals surface area contributed by atoms with Crippen LogP contribution in [0.2, 0.25) is 0 Å². The number of rotatable bonds is 4. The van der Waals surface area contributed by atoms with E-state index in [9.17, 15) is 9.59 Å². The molecule has 0 atom stereocenters. The number of esters is 2. The second kappa shape index (κ2) is 5.24. The van der Waals surface area contributed by atoms with E-state index in [1.54, 1.807) is 6.92 Å². The Hall–Kier alpha value is -1.92. The Morgan fingerprint density at radius 1 is 1.25 bits per heavy atom. The predicted molar refractivity (Wildman–Crippen MR) is 50.3 cm³/mol. The molecule has 7 heteroatoms. The number of methoxy groups -OCH3 is 2. The summed E-state index contributed by atoms with van der Waals surface area (Å²) in [5.74, 6) is -2.39. The average molecular weight is 228 g/mol. The molecule has 1 aromatic heterocycles. The topological polar surface area (TPSA) is 91.5 Å². The van der Waals surface area contributed by atoms with Crippen molar-refractivity contribution in [3.05, 3.63) is 11.4 Å². The van der Waals surface area contributed by atoms with Crippen LogP contribution in [-0.4, -0.2) is 36.5 Å². The lowest BCUT2D eigenvalue weighted by Gasteiger charge is -2.10. The van der Waals surface area contributed by atoms with Gasteiger partial charge in [0.2, 0.25) is 0 Å². The largest absolute Gasteiger partial charge is 0.468 e. The van der Waals surface area contributed by atoms with Crippen molar-refractivity contribution in [2.75, 3.05) is 14.2 Å². The van der Waals surface area contributed by atoms with Crippen LogP contribution in [0.5, 0.6) is 0 Å². The minimum atomic E-state index is -1.04. The molecule has 0 saturated heterocycles. The molecule has 0 aliphatic heterocycles. The Kier molecular flexibility index (Phi) is 3.98. The molecule has 0 aliphatic rings. The zero-order chi connectivity index (χ0) is 12.1. The SMILES string of the molecule is COC(=O)C(Cc1nonc1C)C(=O)OC. The molecule has 1 heterocycles. The van der Waals surface area contributed by atoms with Gasteiger partial charge in [0, 0.05) is 6.42 Å². The highest BCUT2D eigenvalue weighted by Crippen LogP contribution is 2.12. The molecular weight excluding hydrogens is 216 g/mol. The summed E-state index contributed by atoms with van der Waals surface area (Å²) in [6.07, 6.45) is 0.0503. The molecule has 0 N–H and O–H groups in total. The minimum Gasteiger partial charge on any atom is -0.468 e. The van der Waals surface area contributed by atoms with Gasteiger partial charge in [0.1, 0.15) is 11.4 Å². The minimum absolute atomic E-state index is 0.0503. The van der Waals surface area contributed by atoms with Crippen LogP contribution in [-0.2, 0) is 25.5 Å². The van der Waals surface area contributed by atoms with Crippen LogP contribution in [0.4, 0.5) is 0 Å². The maximum Gasteiger partial charge on any atom is 0.320 e. The van der Waals surface area contributed by atoms with Crippen molar-refractivity contribution in [1.29, 1.82) is 0 Å². The van der Waals surface area contributed by atoms with Gasteiger partial charge in [-0.3, -0.25) is 9.59 Å². The van der Waals surface area contributed by atoms with Crippen molar-refractivity contribution >= 4 is 11.9 Å². The predicted octanol–water partition coefficient (Wildman–Crippen LogP) is -0.117. The lowest BCUT2D eigenvalue weighted by molar-refractivity contribution is -0.158. The first-order valence-corrected chi connectivity index (χ1v) is 4.53. The molecule has 0 spiro atoms. The molecule has 0 aromatic carbocycles. The molecular formula is C9H12N2O5. The fourth-order valence-corrected chi connectivity index (χ4v) is 1.18. The Bertz CT molecular complexity index is 371. The maximum absolute atomic E-state index is 11.3. The van der Waals surface area contributed by atoms with Crippen molar-refractivity contribution in [2.24, 2.45) is 5.92 Å². The fourth-order valence-electron chi connectivity index (χ4n) is 1.18. The van der Waals surface area contributed by atoms with Crippen LogP contribution in [0.1, 0.15) is 11.4 Å². The van der Waals surface area contributed by atoms with Crippen LogP contribution in [0.15, 0.2) is 4.63 Å². The maximum atomic E-state index is 11.3. The summed E-state index contributed by atoms with van der Waals surface area (Å²) in [4.78, 5) is 22.7. The van der Waals surface area contributed by atoms with E-state index in [4.69, 9.17) is 0 Å². The van der Waals surface area contributed by atoms with Gasteiger partial charge in [-0.15, -0.1) is 0 Å².